The van der Waals surface area contributed by atoms with Gasteiger partial charge in [-0.15, -0.1) is 0 Å². The molecule has 2 amide bonds. The van der Waals surface area contributed by atoms with Gasteiger partial charge in [-0.25, -0.2) is 0 Å². The number of amides is 2. The molecule has 28 heavy (non-hydrogen) atoms. The Kier molecular flexibility index (Phi) is 7.32. The topological polar surface area (TPSA) is 113 Å². The van der Waals surface area contributed by atoms with Crippen LogP contribution in [0.25, 0.3) is 0 Å². The molecular formula is C19H27ClN3O4P. The quantitative estimate of drug-likeness (QED) is 0.477. The second-order valence-corrected chi connectivity index (χ2v) is 9.87. The molecule has 9 heteroatoms. The van der Waals surface area contributed by atoms with Crippen LogP contribution in [-0.2, 0) is 14.2 Å². The molecule has 4 N–H and O–H groups in total. The third-order valence-electron chi connectivity index (χ3n) is 4.75. The predicted octanol–water partition coefficient (Wildman–Crippen LogP) is 2.94. The van der Waals surface area contributed by atoms with E-state index in [-0.39, 0.29) is 11.8 Å². The van der Waals surface area contributed by atoms with Crippen molar-refractivity contribution in [3.05, 3.63) is 40.7 Å². The molecule has 1 aliphatic rings. The monoisotopic (exact) mass is 427 g/mol. The van der Waals surface area contributed by atoms with Crippen molar-refractivity contribution in [2.75, 3.05) is 18.9 Å². The highest BCUT2D eigenvalue weighted by molar-refractivity contribution is 7.60. The Hall–Kier alpha value is -1.82. The molecule has 2 rings (SSSR count). The summed E-state index contributed by atoms with van der Waals surface area (Å²) in [6, 6.07) is 4.13. The maximum Gasteiger partial charge on any atom is 0.243 e. The molecule has 0 radical (unpaired) electrons. The van der Waals surface area contributed by atoms with Crippen molar-refractivity contribution in [1.82, 2.24) is 10.2 Å². The lowest BCUT2D eigenvalue weighted by molar-refractivity contribution is -0.139. The summed E-state index contributed by atoms with van der Waals surface area (Å²) >= 11 is 6.06. The first-order valence-corrected chi connectivity index (χ1v) is 11.7. The van der Waals surface area contributed by atoms with Gasteiger partial charge in [-0.3, -0.25) is 14.2 Å². The SMILES string of the molecule is CC(C(=O)N1CCC[C@@H]1C(=O)N[C@@H](C)/C=C/P(C)(=O)O)c1ccc(N)c(Cl)c1. The van der Waals surface area contributed by atoms with Crippen LogP contribution in [0.2, 0.25) is 5.02 Å². The molecule has 0 aliphatic carbocycles. The Morgan fingerprint density at radius 1 is 1.43 bits per heavy atom. The van der Waals surface area contributed by atoms with Crippen LogP contribution in [0.1, 0.15) is 38.2 Å². The van der Waals surface area contributed by atoms with Crippen molar-refractivity contribution in [3.8, 4) is 0 Å². The largest absolute Gasteiger partial charge is 0.398 e. The fourth-order valence-corrected chi connectivity index (χ4v) is 3.93. The van der Waals surface area contributed by atoms with Gasteiger partial charge >= 0.3 is 0 Å². The molecule has 1 aliphatic heterocycles. The highest BCUT2D eigenvalue weighted by Crippen LogP contribution is 2.36. The van der Waals surface area contributed by atoms with Gasteiger partial charge in [-0.1, -0.05) is 23.7 Å². The molecular weight excluding hydrogens is 401 g/mol. The number of nitrogens with two attached hydrogens (primary N) is 1. The normalized spacial score (nSPS) is 21.3. The highest BCUT2D eigenvalue weighted by atomic mass is 35.5. The molecule has 7 nitrogen and oxygen atoms in total. The third-order valence-corrected chi connectivity index (χ3v) is 5.81. The summed E-state index contributed by atoms with van der Waals surface area (Å²) in [5.74, 6) is 0.330. The van der Waals surface area contributed by atoms with Crippen LogP contribution in [-0.4, -0.2) is 46.9 Å². The Morgan fingerprint density at radius 2 is 2.11 bits per heavy atom. The summed E-state index contributed by atoms with van der Waals surface area (Å²) in [6.45, 7) is 5.22. The van der Waals surface area contributed by atoms with E-state index >= 15 is 0 Å². The molecule has 1 fully saturated rings. The Bertz CT molecular complexity index is 823. The molecule has 1 aromatic rings. The lowest BCUT2D eigenvalue weighted by Crippen LogP contribution is -2.48. The number of carbonyl (C=O) groups is 2. The molecule has 0 saturated carbocycles. The number of hydrogen-bond acceptors (Lipinski definition) is 4. The number of carbonyl (C=O) groups excluding carboxylic acids is 2. The fraction of sp³-hybridized carbons (Fsp3) is 0.474. The molecule has 4 atom stereocenters. The number of hydrogen-bond donors (Lipinski definition) is 3. The number of nitrogens with one attached hydrogen (secondary N) is 1. The zero-order valence-electron chi connectivity index (χ0n) is 16.3. The lowest BCUT2D eigenvalue weighted by Gasteiger charge is -2.28. The Balaban J connectivity index is 2.07. The summed E-state index contributed by atoms with van der Waals surface area (Å²) in [5.41, 5.74) is 6.92. The van der Waals surface area contributed by atoms with Crippen LogP contribution in [0.15, 0.2) is 30.1 Å². The molecule has 2 unspecified atom stereocenters. The number of benzene rings is 1. The molecule has 1 aromatic carbocycles. The number of nitrogen functional groups attached to an aromatic ring is 1. The number of anilines is 1. The summed E-state index contributed by atoms with van der Waals surface area (Å²) in [6.07, 6.45) is 2.80. The zero-order chi connectivity index (χ0) is 21.1. The van der Waals surface area contributed by atoms with Gasteiger partial charge < -0.3 is 20.8 Å². The van der Waals surface area contributed by atoms with Gasteiger partial charge in [-0.2, -0.15) is 0 Å². The Morgan fingerprint density at radius 3 is 2.71 bits per heavy atom. The van der Waals surface area contributed by atoms with E-state index in [0.717, 1.165) is 12.0 Å². The van der Waals surface area contributed by atoms with Gasteiger partial charge in [0.15, 0.2) is 0 Å². The predicted molar refractivity (Wildman–Crippen MR) is 112 cm³/mol. The molecule has 0 aromatic heterocycles. The maximum absolute atomic E-state index is 13.0. The van der Waals surface area contributed by atoms with Crippen LogP contribution in [0.4, 0.5) is 5.69 Å². The van der Waals surface area contributed by atoms with E-state index in [1.165, 1.54) is 18.6 Å². The van der Waals surface area contributed by atoms with Crippen molar-refractivity contribution >= 4 is 36.5 Å². The zero-order valence-corrected chi connectivity index (χ0v) is 17.9. The van der Waals surface area contributed by atoms with Gasteiger partial charge in [0.1, 0.15) is 6.04 Å². The molecule has 154 valence electrons. The second kappa shape index (κ2) is 9.12. The van der Waals surface area contributed by atoms with E-state index in [1.54, 1.807) is 36.9 Å². The summed E-state index contributed by atoms with van der Waals surface area (Å²) in [4.78, 5) is 36.5. The van der Waals surface area contributed by atoms with Crippen molar-refractivity contribution in [3.63, 3.8) is 0 Å². The van der Waals surface area contributed by atoms with E-state index < -0.39 is 25.4 Å². The van der Waals surface area contributed by atoms with E-state index in [2.05, 4.69) is 5.32 Å². The first-order chi connectivity index (χ1) is 13.0. The van der Waals surface area contributed by atoms with Crippen LogP contribution in [0, 0.1) is 0 Å². The van der Waals surface area contributed by atoms with Crippen LogP contribution >= 0.6 is 19.0 Å². The van der Waals surface area contributed by atoms with Gasteiger partial charge in [-0.05, 0) is 50.2 Å². The van der Waals surface area contributed by atoms with Crippen molar-refractivity contribution in [2.24, 2.45) is 0 Å². The number of nitrogens with zero attached hydrogens (tertiary/aromatic N) is 1. The minimum absolute atomic E-state index is 0.143. The van der Waals surface area contributed by atoms with E-state index in [0.29, 0.717) is 23.7 Å². The average molecular weight is 428 g/mol. The standard InChI is InChI=1S/C19H27ClN3O4P/c1-12(8-10-28(3,26)27)22-18(24)17-5-4-9-23(17)19(25)13(2)14-6-7-16(21)15(20)11-14/h6-8,10-13,17H,4-5,9,21H2,1-3H3,(H,22,24)(H,26,27)/b10-8+/t12-,13?,17+/m0/s1. The van der Waals surface area contributed by atoms with E-state index in [1.807, 2.05) is 0 Å². The summed E-state index contributed by atoms with van der Waals surface area (Å²) in [7, 11) is -3.29. The van der Waals surface area contributed by atoms with Crippen LogP contribution in [0.3, 0.4) is 0 Å². The van der Waals surface area contributed by atoms with Crippen LogP contribution in [0.5, 0.6) is 0 Å². The van der Waals surface area contributed by atoms with Gasteiger partial charge in [0.05, 0.1) is 16.6 Å². The molecule has 1 heterocycles. The summed E-state index contributed by atoms with van der Waals surface area (Å²) in [5, 5.41) is 3.18. The maximum atomic E-state index is 13.0. The van der Waals surface area contributed by atoms with Crippen molar-refractivity contribution in [2.45, 2.75) is 44.7 Å². The third kappa shape index (κ3) is 5.84. The van der Waals surface area contributed by atoms with E-state index in [9.17, 15) is 19.0 Å². The minimum atomic E-state index is -3.29. The van der Waals surface area contributed by atoms with Crippen molar-refractivity contribution in [1.29, 1.82) is 0 Å². The number of likely N-dealkylation sites (tertiary alicyclic amines) is 1. The molecule has 0 bridgehead atoms. The first kappa shape index (κ1) is 22.5. The lowest BCUT2D eigenvalue weighted by atomic mass is 9.99. The smallest absolute Gasteiger partial charge is 0.243 e. The summed E-state index contributed by atoms with van der Waals surface area (Å²) < 4.78 is 11.3. The minimum Gasteiger partial charge on any atom is -0.398 e. The van der Waals surface area contributed by atoms with Gasteiger partial charge in [0.2, 0.25) is 19.2 Å². The fourth-order valence-electron chi connectivity index (χ4n) is 3.16. The van der Waals surface area contributed by atoms with E-state index in [4.69, 9.17) is 17.3 Å². The molecule has 0 spiro atoms. The number of halogens is 1. The number of rotatable bonds is 6. The molecule has 1 saturated heterocycles. The van der Waals surface area contributed by atoms with Gasteiger partial charge in [0.25, 0.3) is 0 Å². The van der Waals surface area contributed by atoms with Crippen molar-refractivity contribution < 1.29 is 19.0 Å². The van der Waals surface area contributed by atoms with Crippen LogP contribution < -0.4 is 11.1 Å². The highest BCUT2D eigenvalue weighted by Gasteiger charge is 2.36. The first-order valence-electron chi connectivity index (χ1n) is 9.14. The van der Waals surface area contributed by atoms with Gasteiger partial charge in [0, 0.05) is 19.3 Å². The Labute approximate surface area is 170 Å². The second-order valence-electron chi connectivity index (χ2n) is 7.27. The average Bonchev–Trinajstić information content (AvgIpc) is 3.10.